The van der Waals surface area contributed by atoms with Crippen LogP contribution in [0.25, 0.3) is 0 Å². The van der Waals surface area contributed by atoms with Crippen molar-refractivity contribution in [2.75, 3.05) is 13.2 Å². The second kappa shape index (κ2) is 8.73. The van der Waals surface area contributed by atoms with Gasteiger partial charge in [-0.2, -0.15) is 0 Å². The highest BCUT2D eigenvalue weighted by atomic mass is 79.9. The number of carbonyl (C=O) groups is 1. The molecule has 0 atom stereocenters. The molecule has 0 aromatic heterocycles. The highest BCUT2D eigenvalue weighted by Crippen LogP contribution is 2.20. The van der Waals surface area contributed by atoms with Crippen molar-refractivity contribution < 1.29 is 9.53 Å². The summed E-state index contributed by atoms with van der Waals surface area (Å²) < 4.78 is 6.65. The summed E-state index contributed by atoms with van der Waals surface area (Å²) in [6.45, 7) is 5.26. The van der Waals surface area contributed by atoms with E-state index in [9.17, 15) is 4.79 Å². The van der Waals surface area contributed by atoms with Crippen LogP contribution in [0.5, 0.6) is 5.75 Å². The molecular weight excluding hydrogens is 354 g/mol. The topological polar surface area (TPSA) is 38.3 Å². The zero-order valence-electron chi connectivity index (χ0n) is 13.5. The summed E-state index contributed by atoms with van der Waals surface area (Å²) in [5, 5.41) is 2.88. The fraction of sp³-hybridized carbons (Fsp3) is 0.316. The van der Waals surface area contributed by atoms with Gasteiger partial charge in [-0.1, -0.05) is 60.1 Å². The molecule has 0 bridgehead atoms. The molecule has 0 fully saturated rings. The van der Waals surface area contributed by atoms with E-state index in [-0.39, 0.29) is 5.91 Å². The van der Waals surface area contributed by atoms with Crippen molar-refractivity contribution >= 4 is 21.8 Å². The van der Waals surface area contributed by atoms with Gasteiger partial charge in [0.1, 0.15) is 12.4 Å². The molecule has 0 unspecified atom stereocenters. The third-order valence-corrected chi connectivity index (χ3v) is 4.30. The Labute approximate surface area is 146 Å². The molecule has 0 saturated heterocycles. The number of hydrogen-bond acceptors (Lipinski definition) is 2. The van der Waals surface area contributed by atoms with E-state index in [1.54, 1.807) is 0 Å². The summed E-state index contributed by atoms with van der Waals surface area (Å²) >= 11 is 3.45. The average molecular weight is 376 g/mol. The largest absolute Gasteiger partial charge is 0.492 e. The summed E-state index contributed by atoms with van der Waals surface area (Å²) in [5.74, 6) is 1.32. The number of carbonyl (C=O) groups excluding carboxylic acids is 1. The maximum absolute atomic E-state index is 11.9. The van der Waals surface area contributed by atoms with Crippen molar-refractivity contribution in [2.24, 2.45) is 0 Å². The molecule has 0 aliphatic heterocycles. The summed E-state index contributed by atoms with van der Waals surface area (Å²) in [4.78, 5) is 11.9. The van der Waals surface area contributed by atoms with Crippen molar-refractivity contribution in [1.29, 1.82) is 0 Å². The Morgan fingerprint density at radius 2 is 1.96 bits per heavy atom. The standard InChI is InChI=1S/C19H22BrNO2/c1-14(2)15-7-5-8-17(12-15)23-11-10-21-19(22)13-16-6-3-4-9-18(16)20/h3-9,12,14H,10-11,13H2,1-2H3,(H,21,22). The first-order chi connectivity index (χ1) is 11.1. The normalized spacial score (nSPS) is 10.6. The van der Waals surface area contributed by atoms with Crippen LogP contribution in [0, 0.1) is 0 Å². The van der Waals surface area contributed by atoms with Gasteiger partial charge in [0.05, 0.1) is 13.0 Å². The van der Waals surface area contributed by atoms with Crippen LogP contribution >= 0.6 is 15.9 Å². The minimum absolute atomic E-state index is 0.00330. The van der Waals surface area contributed by atoms with Gasteiger partial charge in [0.2, 0.25) is 5.91 Å². The first-order valence-corrected chi connectivity index (χ1v) is 8.58. The molecule has 1 amide bonds. The van der Waals surface area contributed by atoms with E-state index in [0.717, 1.165) is 15.8 Å². The summed E-state index contributed by atoms with van der Waals surface area (Å²) in [6, 6.07) is 15.8. The van der Waals surface area contributed by atoms with Gasteiger partial charge in [0, 0.05) is 4.47 Å². The van der Waals surface area contributed by atoms with E-state index in [4.69, 9.17) is 4.74 Å². The lowest BCUT2D eigenvalue weighted by Gasteiger charge is -2.11. The highest BCUT2D eigenvalue weighted by Gasteiger charge is 2.06. The third kappa shape index (κ3) is 5.71. The predicted molar refractivity (Wildman–Crippen MR) is 96.9 cm³/mol. The number of hydrogen-bond donors (Lipinski definition) is 1. The molecule has 3 nitrogen and oxygen atoms in total. The SMILES string of the molecule is CC(C)c1cccc(OCCNC(=O)Cc2ccccc2Br)c1. The Kier molecular flexibility index (Phi) is 6.66. The minimum Gasteiger partial charge on any atom is -0.492 e. The van der Waals surface area contributed by atoms with Gasteiger partial charge >= 0.3 is 0 Å². The Hall–Kier alpha value is -1.81. The van der Waals surface area contributed by atoms with Crippen LogP contribution in [0.3, 0.4) is 0 Å². The predicted octanol–water partition coefficient (Wildman–Crippen LogP) is 4.31. The number of nitrogens with one attached hydrogen (secondary N) is 1. The number of amides is 1. The average Bonchev–Trinajstić information content (AvgIpc) is 2.54. The van der Waals surface area contributed by atoms with E-state index < -0.39 is 0 Å². The van der Waals surface area contributed by atoms with E-state index in [2.05, 4.69) is 41.2 Å². The van der Waals surface area contributed by atoms with Crippen molar-refractivity contribution in [3.63, 3.8) is 0 Å². The second-order valence-corrected chi connectivity index (χ2v) is 6.55. The molecule has 0 heterocycles. The van der Waals surface area contributed by atoms with Gasteiger partial charge in [-0.3, -0.25) is 4.79 Å². The second-order valence-electron chi connectivity index (χ2n) is 5.69. The van der Waals surface area contributed by atoms with E-state index >= 15 is 0 Å². The van der Waals surface area contributed by atoms with Crippen molar-refractivity contribution in [3.05, 3.63) is 64.1 Å². The van der Waals surface area contributed by atoms with Gasteiger partial charge in [-0.05, 0) is 35.2 Å². The molecule has 0 spiro atoms. The number of benzene rings is 2. The quantitative estimate of drug-likeness (QED) is 0.732. The molecule has 2 aromatic rings. The van der Waals surface area contributed by atoms with Gasteiger partial charge in [-0.25, -0.2) is 0 Å². The summed E-state index contributed by atoms with van der Waals surface area (Å²) in [6.07, 6.45) is 0.365. The number of ether oxygens (including phenoxy) is 1. The Bertz CT molecular complexity index is 655. The van der Waals surface area contributed by atoms with Crippen LogP contribution in [-0.2, 0) is 11.2 Å². The van der Waals surface area contributed by atoms with Crippen molar-refractivity contribution in [2.45, 2.75) is 26.2 Å². The Balaban J connectivity index is 1.74. The summed E-state index contributed by atoms with van der Waals surface area (Å²) in [5.41, 5.74) is 2.23. The summed E-state index contributed by atoms with van der Waals surface area (Å²) in [7, 11) is 0. The van der Waals surface area contributed by atoms with E-state index in [1.807, 2.05) is 42.5 Å². The van der Waals surface area contributed by atoms with Gasteiger partial charge in [0.15, 0.2) is 0 Å². The van der Waals surface area contributed by atoms with Crippen LogP contribution < -0.4 is 10.1 Å². The zero-order chi connectivity index (χ0) is 16.7. The molecule has 0 radical (unpaired) electrons. The molecule has 0 aliphatic carbocycles. The molecule has 0 aliphatic rings. The van der Waals surface area contributed by atoms with Gasteiger partial charge < -0.3 is 10.1 Å². The molecule has 2 rings (SSSR count). The van der Waals surface area contributed by atoms with E-state index in [1.165, 1.54) is 5.56 Å². The highest BCUT2D eigenvalue weighted by molar-refractivity contribution is 9.10. The van der Waals surface area contributed by atoms with Crippen LogP contribution in [0.1, 0.15) is 30.9 Å². The van der Waals surface area contributed by atoms with Gasteiger partial charge in [-0.15, -0.1) is 0 Å². The minimum atomic E-state index is -0.00330. The maximum Gasteiger partial charge on any atom is 0.224 e. The number of halogens is 1. The molecule has 122 valence electrons. The zero-order valence-corrected chi connectivity index (χ0v) is 15.1. The monoisotopic (exact) mass is 375 g/mol. The lowest BCUT2D eigenvalue weighted by Crippen LogP contribution is -2.29. The first-order valence-electron chi connectivity index (χ1n) is 7.79. The first kappa shape index (κ1) is 17.5. The van der Waals surface area contributed by atoms with Crippen molar-refractivity contribution in [3.8, 4) is 5.75 Å². The molecule has 1 N–H and O–H groups in total. The van der Waals surface area contributed by atoms with Crippen LogP contribution in [0.2, 0.25) is 0 Å². The lowest BCUT2D eigenvalue weighted by molar-refractivity contribution is -0.120. The van der Waals surface area contributed by atoms with Crippen LogP contribution in [0.4, 0.5) is 0 Å². The lowest BCUT2D eigenvalue weighted by atomic mass is 10.0. The van der Waals surface area contributed by atoms with Gasteiger partial charge in [0.25, 0.3) is 0 Å². The van der Waals surface area contributed by atoms with Crippen molar-refractivity contribution in [1.82, 2.24) is 5.32 Å². The van der Waals surface area contributed by atoms with Crippen LogP contribution in [-0.4, -0.2) is 19.1 Å². The molecule has 2 aromatic carbocycles. The fourth-order valence-corrected chi connectivity index (χ4v) is 2.62. The van der Waals surface area contributed by atoms with E-state index in [0.29, 0.717) is 25.5 Å². The third-order valence-electron chi connectivity index (χ3n) is 3.53. The Morgan fingerprint density at radius 1 is 1.17 bits per heavy atom. The maximum atomic E-state index is 11.9. The number of rotatable bonds is 7. The molecule has 23 heavy (non-hydrogen) atoms. The molecule has 4 heteroatoms. The molecular formula is C19H22BrNO2. The van der Waals surface area contributed by atoms with Crippen LogP contribution in [0.15, 0.2) is 53.0 Å². The molecule has 0 saturated carbocycles. The Morgan fingerprint density at radius 3 is 2.70 bits per heavy atom. The smallest absolute Gasteiger partial charge is 0.224 e. The fourth-order valence-electron chi connectivity index (χ4n) is 2.20.